The highest BCUT2D eigenvalue weighted by Crippen LogP contribution is 2.11. The highest BCUT2D eigenvalue weighted by atomic mass is 16.5. The molecule has 1 heterocycles. The Morgan fingerprint density at radius 3 is 2.74 bits per heavy atom. The number of methoxy groups -OCH3 is 2. The highest BCUT2D eigenvalue weighted by molar-refractivity contribution is 5.89. The SMILES string of the molecule is COCC(C)NC(=O)Cn1cc(N)cc1C(=O)OC. The first-order chi connectivity index (χ1) is 8.97. The number of nitrogen functional groups attached to an aromatic ring is 1. The molecule has 0 saturated heterocycles. The van der Waals surface area contributed by atoms with Crippen molar-refractivity contribution in [2.75, 3.05) is 26.6 Å². The molecule has 19 heavy (non-hydrogen) atoms. The van der Waals surface area contributed by atoms with Crippen LogP contribution in [0.5, 0.6) is 0 Å². The molecule has 0 radical (unpaired) electrons. The third-order valence-electron chi connectivity index (χ3n) is 2.45. The van der Waals surface area contributed by atoms with Gasteiger partial charge in [-0.2, -0.15) is 0 Å². The summed E-state index contributed by atoms with van der Waals surface area (Å²) >= 11 is 0. The molecule has 0 spiro atoms. The van der Waals surface area contributed by atoms with E-state index in [1.54, 1.807) is 7.11 Å². The number of anilines is 1. The second-order valence-corrected chi connectivity index (χ2v) is 4.20. The summed E-state index contributed by atoms with van der Waals surface area (Å²) in [6.07, 6.45) is 1.52. The molecular weight excluding hydrogens is 250 g/mol. The number of ether oxygens (including phenoxy) is 2. The van der Waals surface area contributed by atoms with E-state index in [1.807, 2.05) is 6.92 Å². The van der Waals surface area contributed by atoms with Crippen molar-refractivity contribution in [1.82, 2.24) is 9.88 Å². The fraction of sp³-hybridized carbons (Fsp3) is 0.500. The number of nitrogens with one attached hydrogen (secondary N) is 1. The van der Waals surface area contributed by atoms with Gasteiger partial charge in [0.1, 0.15) is 12.2 Å². The van der Waals surface area contributed by atoms with E-state index in [2.05, 4.69) is 10.1 Å². The third kappa shape index (κ3) is 4.29. The summed E-state index contributed by atoms with van der Waals surface area (Å²) in [5, 5.41) is 2.75. The van der Waals surface area contributed by atoms with Crippen molar-refractivity contribution in [1.29, 1.82) is 0 Å². The first kappa shape index (κ1) is 15.0. The van der Waals surface area contributed by atoms with E-state index in [0.29, 0.717) is 12.3 Å². The van der Waals surface area contributed by atoms with Crippen LogP contribution in [0.25, 0.3) is 0 Å². The van der Waals surface area contributed by atoms with Crippen LogP contribution in [0.4, 0.5) is 5.69 Å². The van der Waals surface area contributed by atoms with Crippen molar-refractivity contribution in [3.63, 3.8) is 0 Å². The van der Waals surface area contributed by atoms with Gasteiger partial charge >= 0.3 is 5.97 Å². The van der Waals surface area contributed by atoms with Gasteiger partial charge in [0.2, 0.25) is 5.91 Å². The number of amides is 1. The van der Waals surface area contributed by atoms with Crippen molar-refractivity contribution >= 4 is 17.6 Å². The van der Waals surface area contributed by atoms with E-state index in [-0.39, 0.29) is 24.2 Å². The zero-order valence-electron chi connectivity index (χ0n) is 11.3. The monoisotopic (exact) mass is 269 g/mol. The Morgan fingerprint density at radius 2 is 2.16 bits per heavy atom. The van der Waals surface area contributed by atoms with Gasteiger partial charge in [-0.3, -0.25) is 4.79 Å². The quantitative estimate of drug-likeness (QED) is 0.709. The Kier molecular flexibility index (Phi) is 5.37. The Labute approximate surface area is 111 Å². The van der Waals surface area contributed by atoms with Crippen molar-refractivity contribution in [3.8, 4) is 0 Å². The summed E-state index contributed by atoms with van der Waals surface area (Å²) in [6, 6.07) is 1.37. The maximum Gasteiger partial charge on any atom is 0.354 e. The molecule has 0 aromatic carbocycles. The summed E-state index contributed by atoms with van der Waals surface area (Å²) in [7, 11) is 2.83. The largest absolute Gasteiger partial charge is 0.464 e. The fourth-order valence-electron chi connectivity index (χ4n) is 1.71. The molecule has 0 saturated carbocycles. The first-order valence-electron chi connectivity index (χ1n) is 5.80. The Morgan fingerprint density at radius 1 is 1.47 bits per heavy atom. The predicted octanol–water partition coefficient (Wildman–Crippen LogP) is 0.00800. The summed E-state index contributed by atoms with van der Waals surface area (Å²) in [6.45, 7) is 2.24. The van der Waals surface area contributed by atoms with E-state index in [0.717, 1.165) is 0 Å². The number of rotatable bonds is 6. The lowest BCUT2D eigenvalue weighted by Crippen LogP contribution is -2.38. The Balaban J connectivity index is 2.71. The van der Waals surface area contributed by atoms with Crippen molar-refractivity contribution < 1.29 is 19.1 Å². The highest BCUT2D eigenvalue weighted by Gasteiger charge is 2.16. The topological polar surface area (TPSA) is 95.6 Å². The van der Waals surface area contributed by atoms with Gasteiger partial charge < -0.3 is 25.1 Å². The summed E-state index contributed by atoms with van der Waals surface area (Å²) in [5.74, 6) is -0.764. The number of esters is 1. The van der Waals surface area contributed by atoms with Crippen LogP contribution in [0.2, 0.25) is 0 Å². The van der Waals surface area contributed by atoms with E-state index >= 15 is 0 Å². The van der Waals surface area contributed by atoms with Crippen molar-refractivity contribution in [2.24, 2.45) is 0 Å². The molecule has 0 fully saturated rings. The molecule has 7 nitrogen and oxygen atoms in total. The van der Waals surface area contributed by atoms with Crippen molar-refractivity contribution in [2.45, 2.75) is 19.5 Å². The molecule has 0 aliphatic rings. The minimum absolute atomic E-state index is 0.00428. The Bertz CT molecular complexity index is 456. The summed E-state index contributed by atoms with van der Waals surface area (Å²) in [4.78, 5) is 23.3. The van der Waals surface area contributed by atoms with Gasteiger partial charge in [0.15, 0.2) is 0 Å². The molecule has 1 amide bonds. The number of hydrogen-bond donors (Lipinski definition) is 2. The molecule has 1 rings (SSSR count). The molecular formula is C12H19N3O4. The van der Waals surface area contributed by atoms with Gasteiger partial charge in [0.25, 0.3) is 0 Å². The zero-order valence-corrected chi connectivity index (χ0v) is 11.3. The zero-order chi connectivity index (χ0) is 14.4. The second-order valence-electron chi connectivity index (χ2n) is 4.20. The number of carbonyl (C=O) groups excluding carboxylic acids is 2. The lowest BCUT2D eigenvalue weighted by Gasteiger charge is -2.13. The van der Waals surface area contributed by atoms with E-state index in [1.165, 1.54) is 23.9 Å². The number of nitrogens with two attached hydrogens (primary N) is 1. The number of nitrogens with zero attached hydrogens (tertiary/aromatic N) is 1. The van der Waals surface area contributed by atoms with Crippen LogP contribution < -0.4 is 11.1 Å². The van der Waals surface area contributed by atoms with Crippen LogP contribution in [0, 0.1) is 0 Å². The third-order valence-corrected chi connectivity index (χ3v) is 2.45. The molecule has 1 aromatic heterocycles. The maximum atomic E-state index is 11.8. The molecule has 7 heteroatoms. The van der Waals surface area contributed by atoms with E-state index < -0.39 is 5.97 Å². The van der Waals surface area contributed by atoms with Crippen LogP contribution in [-0.4, -0.2) is 43.3 Å². The van der Waals surface area contributed by atoms with Crippen LogP contribution >= 0.6 is 0 Å². The molecule has 3 N–H and O–H groups in total. The van der Waals surface area contributed by atoms with E-state index in [9.17, 15) is 9.59 Å². The molecule has 0 bridgehead atoms. The average molecular weight is 269 g/mol. The molecule has 0 aliphatic carbocycles. The number of aromatic nitrogens is 1. The van der Waals surface area contributed by atoms with Crippen LogP contribution in [0.3, 0.4) is 0 Å². The molecule has 1 atom stereocenters. The number of carbonyl (C=O) groups is 2. The minimum atomic E-state index is -0.533. The van der Waals surface area contributed by atoms with Crippen molar-refractivity contribution in [3.05, 3.63) is 18.0 Å². The average Bonchev–Trinajstić information content (AvgIpc) is 2.69. The molecule has 1 aromatic rings. The lowest BCUT2D eigenvalue weighted by molar-refractivity contribution is -0.122. The van der Waals surface area contributed by atoms with Gasteiger partial charge in [-0.15, -0.1) is 0 Å². The standard InChI is InChI=1S/C12H19N3O4/c1-8(7-18-2)14-11(16)6-15-5-9(13)4-10(15)12(17)19-3/h4-5,8H,6-7,13H2,1-3H3,(H,14,16). The van der Waals surface area contributed by atoms with Gasteiger partial charge in [-0.1, -0.05) is 0 Å². The van der Waals surface area contributed by atoms with Gasteiger partial charge in [0, 0.05) is 19.3 Å². The minimum Gasteiger partial charge on any atom is -0.464 e. The van der Waals surface area contributed by atoms with Crippen LogP contribution in [-0.2, 0) is 20.8 Å². The van der Waals surface area contributed by atoms with Gasteiger partial charge in [-0.05, 0) is 13.0 Å². The smallest absolute Gasteiger partial charge is 0.354 e. The van der Waals surface area contributed by atoms with Gasteiger partial charge in [-0.25, -0.2) is 4.79 Å². The number of hydrogen-bond acceptors (Lipinski definition) is 5. The summed E-state index contributed by atoms with van der Waals surface area (Å²) in [5.41, 5.74) is 6.26. The normalized spacial score (nSPS) is 11.9. The van der Waals surface area contributed by atoms with Gasteiger partial charge in [0.05, 0.1) is 19.4 Å². The van der Waals surface area contributed by atoms with Crippen LogP contribution in [0.15, 0.2) is 12.3 Å². The van der Waals surface area contributed by atoms with E-state index in [4.69, 9.17) is 10.5 Å². The first-order valence-corrected chi connectivity index (χ1v) is 5.80. The molecule has 106 valence electrons. The molecule has 1 unspecified atom stereocenters. The summed E-state index contributed by atoms with van der Waals surface area (Å²) < 4.78 is 11.0. The Hall–Kier alpha value is -2.02. The molecule has 0 aliphatic heterocycles. The lowest BCUT2D eigenvalue weighted by atomic mass is 10.3. The predicted molar refractivity (Wildman–Crippen MR) is 69.7 cm³/mol. The van der Waals surface area contributed by atoms with Crippen LogP contribution in [0.1, 0.15) is 17.4 Å². The fourth-order valence-corrected chi connectivity index (χ4v) is 1.71. The maximum absolute atomic E-state index is 11.8. The second kappa shape index (κ2) is 6.79.